The Kier molecular flexibility index (Phi) is 2.72. The molecule has 0 amide bonds. The quantitative estimate of drug-likeness (QED) is 0.757. The molecule has 3 aromatic rings. The molecule has 19 heavy (non-hydrogen) atoms. The van der Waals surface area contributed by atoms with E-state index in [0.29, 0.717) is 11.6 Å². The van der Waals surface area contributed by atoms with Crippen LogP contribution in [0.1, 0.15) is 0 Å². The average Bonchev–Trinajstić information content (AvgIpc) is 2.46. The highest BCUT2D eigenvalue weighted by Gasteiger charge is 2.04. The molecule has 1 heterocycles. The second kappa shape index (κ2) is 4.53. The first-order valence-electron chi connectivity index (χ1n) is 5.79. The van der Waals surface area contributed by atoms with Crippen LogP contribution >= 0.6 is 0 Å². The van der Waals surface area contributed by atoms with Crippen molar-refractivity contribution in [3.8, 4) is 17.1 Å². The van der Waals surface area contributed by atoms with Crippen molar-refractivity contribution in [1.29, 1.82) is 0 Å². The lowest BCUT2D eigenvalue weighted by molar-refractivity contribution is 0.415. The summed E-state index contributed by atoms with van der Waals surface area (Å²) in [6.45, 7) is 0. The van der Waals surface area contributed by atoms with Crippen LogP contribution in [-0.2, 0) is 0 Å². The van der Waals surface area contributed by atoms with E-state index in [0.717, 1.165) is 22.1 Å². The average molecular weight is 252 g/mol. The first-order valence-corrected chi connectivity index (χ1v) is 5.79. The molecule has 0 saturated heterocycles. The Balaban J connectivity index is 2.11. The minimum absolute atomic E-state index is 0.361. The summed E-state index contributed by atoms with van der Waals surface area (Å²) in [4.78, 5) is 4.16. The molecule has 0 unspecified atom stereocenters. The SMILES string of the molecule is COc1ccc2cc(-c3nncc(N)n3)ccc2c1. The number of benzene rings is 2. The molecule has 5 nitrogen and oxygen atoms in total. The van der Waals surface area contributed by atoms with Crippen molar-refractivity contribution in [2.75, 3.05) is 12.8 Å². The van der Waals surface area contributed by atoms with E-state index in [-0.39, 0.29) is 0 Å². The number of nitrogens with zero attached hydrogens (tertiary/aromatic N) is 3. The van der Waals surface area contributed by atoms with E-state index in [1.54, 1.807) is 7.11 Å². The first-order chi connectivity index (χ1) is 9.26. The zero-order valence-corrected chi connectivity index (χ0v) is 10.4. The van der Waals surface area contributed by atoms with E-state index < -0.39 is 0 Å². The van der Waals surface area contributed by atoms with Crippen LogP contribution in [0.5, 0.6) is 5.75 Å². The van der Waals surface area contributed by atoms with Gasteiger partial charge in [-0.25, -0.2) is 4.98 Å². The van der Waals surface area contributed by atoms with Crippen LogP contribution in [0.2, 0.25) is 0 Å². The zero-order chi connectivity index (χ0) is 13.2. The van der Waals surface area contributed by atoms with Crippen molar-refractivity contribution in [3.05, 3.63) is 42.6 Å². The molecule has 2 N–H and O–H groups in total. The lowest BCUT2D eigenvalue weighted by atomic mass is 10.1. The summed E-state index contributed by atoms with van der Waals surface area (Å²) in [5.41, 5.74) is 6.50. The minimum atomic E-state index is 0.361. The molecule has 5 heteroatoms. The summed E-state index contributed by atoms with van der Waals surface area (Å²) < 4.78 is 5.20. The predicted octanol–water partition coefficient (Wildman–Crippen LogP) is 2.28. The second-order valence-electron chi connectivity index (χ2n) is 4.13. The number of nitrogen functional groups attached to an aromatic ring is 1. The summed E-state index contributed by atoms with van der Waals surface area (Å²) in [6, 6.07) is 11.8. The third-order valence-corrected chi connectivity index (χ3v) is 2.88. The van der Waals surface area contributed by atoms with E-state index in [2.05, 4.69) is 15.2 Å². The summed E-state index contributed by atoms with van der Waals surface area (Å²) >= 11 is 0. The first kappa shape index (κ1) is 11.4. The van der Waals surface area contributed by atoms with Gasteiger partial charge in [-0.2, -0.15) is 5.10 Å². The number of rotatable bonds is 2. The van der Waals surface area contributed by atoms with Crippen LogP contribution in [0.3, 0.4) is 0 Å². The molecule has 0 atom stereocenters. The predicted molar refractivity (Wildman–Crippen MR) is 73.7 cm³/mol. The Morgan fingerprint density at radius 3 is 2.63 bits per heavy atom. The molecular weight excluding hydrogens is 240 g/mol. The summed E-state index contributed by atoms with van der Waals surface area (Å²) in [5.74, 6) is 1.72. The van der Waals surface area contributed by atoms with Crippen molar-refractivity contribution in [2.45, 2.75) is 0 Å². The maximum absolute atomic E-state index is 5.62. The van der Waals surface area contributed by atoms with Gasteiger partial charge in [0.1, 0.15) is 11.6 Å². The van der Waals surface area contributed by atoms with Gasteiger partial charge in [-0.05, 0) is 29.0 Å². The van der Waals surface area contributed by atoms with Crippen molar-refractivity contribution in [3.63, 3.8) is 0 Å². The molecule has 0 aliphatic rings. The summed E-state index contributed by atoms with van der Waals surface area (Å²) in [7, 11) is 1.65. The molecule has 0 radical (unpaired) electrons. The molecule has 0 fully saturated rings. The van der Waals surface area contributed by atoms with Gasteiger partial charge < -0.3 is 10.5 Å². The second-order valence-corrected chi connectivity index (χ2v) is 4.13. The number of methoxy groups -OCH3 is 1. The zero-order valence-electron chi connectivity index (χ0n) is 10.4. The number of hydrogen-bond acceptors (Lipinski definition) is 5. The van der Waals surface area contributed by atoms with Gasteiger partial charge in [0.25, 0.3) is 0 Å². The molecular formula is C14H12N4O. The molecule has 3 rings (SSSR count). The van der Waals surface area contributed by atoms with E-state index in [9.17, 15) is 0 Å². The molecule has 2 aromatic carbocycles. The van der Waals surface area contributed by atoms with Gasteiger partial charge >= 0.3 is 0 Å². The number of fused-ring (bicyclic) bond motifs is 1. The van der Waals surface area contributed by atoms with Crippen LogP contribution in [0.25, 0.3) is 22.2 Å². The number of ether oxygens (including phenoxy) is 1. The van der Waals surface area contributed by atoms with Crippen molar-refractivity contribution >= 4 is 16.6 Å². The standard InChI is InChI=1S/C14H12N4O/c1-19-12-5-4-9-6-11(3-2-10(9)7-12)14-17-13(15)8-16-18-14/h2-8H,1H3,(H2,15,17,18). The fraction of sp³-hybridized carbons (Fsp3) is 0.0714. The van der Waals surface area contributed by atoms with Crippen LogP contribution in [0.4, 0.5) is 5.82 Å². The molecule has 0 aliphatic carbocycles. The van der Waals surface area contributed by atoms with Gasteiger partial charge in [0, 0.05) is 5.56 Å². The Morgan fingerprint density at radius 1 is 1.05 bits per heavy atom. The van der Waals surface area contributed by atoms with Crippen molar-refractivity contribution in [1.82, 2.24) is 15.2 Å². The van der Waals surface area contributed by atoms with Gasteiger partial charge in [-0.15, -0.1) is 5.10 Å². The van der Waals surface area contributed by atoms with Gasteiger partial charge in [-0.3, -0.25) is 0 Å². The maximum Gasteiger partial charge on any atom is 0.183 e. The third-order valence-electron chi connectivity index (χ3n) is 2.88. The number of nitrogens with two attached hydrogens (primary N) is 1. The number of anilines is 1. The monoisotopic (exact) mass is 252 g/mol. The smallest absolute Gasteiger partial charge is 0.183 e. The molecule has 1 aromatic heterocycles. The molecule has 0 bridgehead atoms. The van der Waals surface area contributed by atoms with E-state index >= 15 is 0 Å². The van der Waals surface area contributed by atoms with E-state index in [4.69, 9.17) is 10.5 Å². The molecule has 0 spiro atoms. The maximum atomic E-state index is 5.62. The lowest BCUT2D eigenvalue weighted by Crippen LogP contribution is -1.97. The van der Waals surface area contributed by atoms with E-state index in [1.807, 2.05) is 36.4 Å². The third kappa shape index (κ3) is 2.18. The van der Waals surface area contributed by atoms with Gasteiger partial charge in [0.05, 0.1) is 13.3 Å². The highest BCUT2D eigenvalue weighted by Crippen LogP contribution is 2.25. The fourth-order valence-corrected chi connectivity index (χ4v) is 1.93. The Morgan fingerprint density at radius 2 is 1.84 bits per heavy atom. The minimum Gasteiger partial charge on any atom is -0.497 e. The topological polar surface area (TPSA) is 73.9 Å². The number of aromatic nitrogens is 3. The fourth-order valence-electron chi connectivity index (χ4n) is 1.93. The van der Waals surface area contributed by atoms with E-state index in [1.165, 1.54) is 6.20 Å². The van der Waals surface area contributed by atoms with Gasteiger partial charge in [0.15, 0.2) is 5.82 Å². The van der Waals surface area contributed by atoms with Gasteiger partial charge in [0.2, 0.25) is 0 Å². The van der Waals surface area contributed by atoms with Crippen molar-refractivity contribution < 1.29 is 4.74 Å². The normalized spacial score (nSPS) is 10.6. The molecule has 0 aliphatic heterocycles. The number of hydrogen-bond donors (Lipinski definition) is 1. The van der Waals surface area contributed by atoms with Gasteiger partial charge in [-0.1, -0.05) is 18.2 Å². The largest absolute Gasteiger partial charge is 0.497 e. The molecule has 94 valence electrons. The van der Waals surface area contributed by atoms with Crippen LogP contribution in [0.15, 0.2) is 42.6 Å². The Bertz CT molecular complexity index is 742. The molecule has 0 saturated carbocycles. The highest BCUT2D eigenvalue weighted by atomic mass is 16.5. The lowest BCUT2D eigenvalue weighted by Gasteiger charge is -2.05. The van der Waals surface area contributed by atoms with Crippen molar-refractivity contribution in [2.24, 2.45) is 0 Å². The summed E-state index contributed by atoms with van der Waals surface area (Å²) in [5, 5.41) is 9.98. The Hall–Kier alpha value is -2.69. The Labute approximate surface area is 110 Å². The summed E-state index contributed by atoms with van der Waals surface area (Å²) in [6.07, 6.45) is 1.43. The highest BCUT2D eigenvalue weighted by molar-refractivity contribution is 5.87. The van der Waals surface area contributed by atoms with Crippen LogP contribution < -0.4 is 10.5 Å². The van der Waals surface area contributed by atoms with Crippen LogP contribution in [0, 0.1) is 0 Å². The van der Waals surface area contributed by atoms with Crippen LogP contribution in [-0.4, -0.2) is 22.3 Å².